The molecule has 8 heteroatoms. The average Bonchev–Trinajstić information content (AvgIpc) is 3.32. The number of nitrogens with zero attached hydrogens (tertiary/aromatic N) is 3. The van der Waals surface area contributed by atoms with Gasteiger partial charge in [0, 0.05) is 38.5 Å². The Kier molecular flexibility index (Phi) is 8.72. The van der Waals surface area contributed by atoms with Crippen molar-refractivity contribution in [2.75, 3.05) is 31.1 Å². The molecule has 1 unspecified atom stereocenters. The van der Waals surface area contributed by atoms with Crippen molar-refractivity contribution >= 4 is 23.4 Å². The van der Waals surface area contributed by atoms with Crippen LogP contribution in [0.25, 0.3) is 0 Å². The normalized spacial score (nSPS) is 29.1. The molecule has 0 aliphatic carbocycles. The van der Waals surface area contributed by atoms with Crippen molar-refractivity contribution < 1.29 is 24.2 Å². The monoisotopic (exact) mass is 611 g/mol. The van der Waals surface area contributed by atoms with E-state index >= 15 is 0 Å². The van der Waals surface area contributed by atoms with Crippen molar-refractivity contribution in [2.24, 2.45) is 11.8 Å². The molecule has 1 spiro atoms. The summed E-state index contributed by atoms with van der Waals surface area (Å²) in [5, 5.41) is 9.27. The number of aliphatic hydroxyl groups is 1. The van der Waals surface area contributed by atoms with E-state index < -0.39 is 29.1 Å². The van der Waals surface area contributed by atoms with Gasteiger partial charge >= 0.3 is 0 Å². The third-order valence-electron chi connectivity index (χ3n) is 10.3. The Morgan fingerprint density at radius 3 is 2.24 bits per heavy atom. The molecule has 0 bridgehead atoms. The summed E-state index contributed by atoms with van der Waals surface area (Å²) in [5.74, 6) is -2.06. The predicted octanol–water partition coefficient (Wildman–Crippen LogP) is 4.72. The largest absolute Gasteiger partial charge is 0.396 e. The summed E-state index contributed by atoms with van der Waals surface area (Å²) in [6.07, 6.45) is 11.4. The summed E-state index contributed by atoms with van der Waals surface area (Å²) >= 11 is 0. The standard InChI is InChI=1S/C37H45N3O5/c1-4-36-19-13-21-38(25-28-17-8-7-9-18-28)33(42)29(36)30-34(43)40(22-10-5-6-11-24-41)32-35(44)39(23-14-20-37(30,32)45-36)31-26(2)15-12-16-27(31)3/h7-9,12-20,29-30,32,41H,4-6,10-11,21-25H2,1-3H3/t29-,30-,32?,36+,37-/m0/s1. The molecule has 2 aromatic rings. The molecule has 2 fully saturated rings. The van der Waals surface area contributed by atoms with E-state index in [2.05, 4.69) is 0 Å². The summed E-state index contributed by atoms with van der Waals surface area (Å²) in [6, 6.07) is 15.0. The summed E-state index contributed by atoms with van der Waals surface area (Å²) in [5.41, 5.74) is 1.56. The Morgan fingerprint density at radius 2 is 1.53 bits per heavy atom. The van der Waals surface area contributed by atoms with Crippen molar-refractivity contribution in [1.82, 2.24) is 9.80 Å². The van der Waals surface area contributed by atoms with Crippen LogP contribution in [0, 0.1) is 25.7 Å². The van der Waals surface area contributed by atoms with Gasteiger partial charge in [-0.25, -0.2) is 0 Å². The number of hydrogen-bond donors (Lipinski definition) is 1. The van der Waals surface area contributed by atoms with Crippen LogP contribution in [0.2, 0.25) is 0 Å². The van der Waals surface area contributed by atoms with Gasteiger partial charge in [0.15, 0.2) is 0 Å². The highest BCUT2D eigenvalue weighted by atomic mass is 16.5. The highest BCUT2D eigenvalue weighted by Crippen LogP contribution is 2.58. The third kappa shape index (κ3) is 5.22. The number of rotatable bonds is 10. The van der Waals surface area contributed by atoms with Crippen LogP contribution in [0.4, 0.5) is 5.69 Å². The van der Waals surface area contributed by atoms with Crippen molar-refractivity contribution in [3.8, 4) is 0 Å². The molecular weight excluding hydrogens is 566 g/mol. The number of carbonyl (C=O) groups is 3. The molecule has 1 N–H and O–H groups in total. The van der Waals surface area contributed by atoms with Gasteiger partial charge in [-0.15, -0.1) is 0 Å². The lowest BCUT2D eigenvalue weighted by Crippen LogP contribution is -2.56. The molecule has 3 amide bonds. The Balaban J connectivity index is 1.43. The lowest BCUT2D eigenvalue weighted by Gasteiger charge is -2.39. The number of unbranched alkanes of at least 4 members (excludes halogenated alkanes) is 3. The number of benzene rings is 2. The molecule has 4 aliphatic rings. The Labute approximate surface area is 266 Å². The number of likely N-dealkylation sites (tertiary alicyclic amines) is 1. The first kappa shape index (κ1) is 31.2. The van der Waals surface area contributed by atoms with Crippen LogP contribution in [0.3, 0.4) is 0 Å². The number of fused-ring (bicyclic) bond motifs is 2. The van der Waals surface area contributed by atoms with Gasteiger partial charge in [0.25, 0.3) is 5.91 Å². The quantitative estimate of drug-likeness (QED) is 0.310. The molecular formula is C37H45N3O5. The summed E-state index contributed by atoms with van der Waals surface area (Å²) in [6.45, 7) is 7.74. The zero-order chi connectivity index (χ0) is 31.8. The van der Waals surface area contributed by atoms with Gasteiger partial charge in [0.1, 0.15) is 11.6 Å². The maximum atomic E-state index is 14.9. The van der Waals surface area contributed by atoms with E-state index in [4.69, 9.17) is 4.74 Å². The highest BCUT2D eigenvalue weighted by molar-refractivity contribution is 6.06. The zero-order valence-corrected chi connectivity index (χ0v) is 26.7. The highest BCUT2D eigenvalue weighted by Gasteiger charge is 2.75. The minimum Gasteiger partial charge on any atom is -0.396 e. The lowest BCUT2D eigenvalue weighted by atomic mass is 9.73. The number of carbonyl (C=O) groups excluding carboxylic acids is 3. The van der Waals surface area contributed by atoms with Crippen LogP contribution in [0.5, 0.6) is 0 Å². The van der Waals surface area contributed by atoms with E-state index in [0.717, 1.165) is 35.2 Å². The van der Waals surface area contributed by atoms with Gasteiger partial charge in [-0.2, -0.15) is 0 Å². The first-order valence-corrected chi connectivity index (χ1v) is 16.4. The number of aliphatic hydroxyl groups excluding tert-OH is 1. The van der Waals surface area contributed by atoms with Crippen molar-refractivity contribution in [3.05, 3.63) is 89.5 Å². The lowest BCUT2D eigenvalue weighted by molar-refractivity contribution is -0.150. The molecule has 45 heavy (non-hydrogen) atoms. The summed E-state index contributed by atoms with van der Waals surface area (Å²) < 4.78 is 7.14. The molecule has 238 valence electrons. The van der Waals surface area contributed by atoms with Crippen molar-refractivity contribution in [3.63, 3.8) is 0 Å². The molecule has 0 radical (unpaired) electrons. The number of anilines is 1. The smallest absolute Gasteiger partial charge is 0.253 e. The number of ether oxygens (including phenoxy) is 1. The van der Waals surface area contributed by atoms with Crippen LogP contribution in [-0.4, -0.2) is 76.1 Å². The van der Waals surface area contributed by atoms with Crippen LogP contribution >= 0.6 is 0 Å². The average molecular weight is 612 g/mol. The first-order valence-electron chi connectivity index (χ1n) is 16.4. The minimum absolute atomic E-state index is 0.110. The van der Waals surface area contributed by atoms with Gasteiger partial charge in [0.2, 0.25) is 11.8 Å². The SMILES string of the molecule is CC[C@@]12C=CCN(Cc3ccccc3)C(=O)[C@@H]1[C@H]1C(=O)N(CCCCCCO)C3C(=O)N(c4c(C)cccc4C)CC=C[C@@]31O2. The Morgan fingerprint density at radius 1 is 0.822 bits per heavy atom. The molecule has 8 nitrogen and oxygen atoms in total. The maximum absolute atomic E-state index is 14.9. The number of aryl methyl sites for hydroxylation is 2. The van der Waals surface area contributed by atoms with Crippen LogP contribution in [0.15, 0.2) is 72.8 Å². The van der Waals surface area contributed by atoms with E-state index in [0.29, 0.717) is 45.4 Å². The molecule has 2 aromatic carbocycles. The van der Waals surface area contributed by atoms with E-state index in [9.17, 15) is 19.5 Å². The third-order valence-corrected chi connectivity index (χ3v) is 10.3. The van der Waals surface area contributed by atoms with E-state index in [1.54, 1.807) is 9.80 Å². The van der Waals surface area contributed by atoms with E-state index in [1.807, 2.05) is 98.5 Å². The van der Waals surface area contributed by atoms with E-state index in [-0.39, 0.29) is 24.3 Å². The molecule has 6 rings (SSSR count). The topological polar surface area (TPSA) is 90.4 Å². The van der Waals surface area contributed by atoms with Gasteiger partial charge in [-0.05, 0) is 49.8 Å². The second kappa shape index (κ2) is 12.6. The summed E-state index contributed by atoms with van der Waals surface area (Å²) in [7, 11) is 0. The predicted molar refractivity (Wildman–Crippen MR) is 173 cm³/mol. The number of amides is 3. The van der Waals surface area contributed by atoms with Crippen molar-refractivity contribution in [2.45, 2.75) is 76.7 Å². The maximum Gasteiger partial charge on any atom is 0.253 e. The van der Waals surface area contributed by atoms with Crippen LogP contribution in [-0.2, 0) is 25.7 Å². The van der Waals surface area contributed by atoms with Gasteiger partial charge in [0.05, 0.1) is 17.4 Å². The van der Waals surface area contributed by atoms with E-state index in [1.165, 1.54) is 0 Å². The number of para-hydroxylation sites is 1. The molecule has 0 aromatic heterocycles. The van der Waals surface area contributed by atoms with Crippen LogP contribution < -0.4 is 4.90 Å². The van der Waals surface area contributed by atoms with Crippen LogP contribution in [0.1, 0.15) is 55.7 Å². The fraction of sp³-hybridized carbons (Fsp3) is 0.486. The molecule has 4 aliphatic heterocycles. The molecule has 0 saturated carbocycles. The van der Waals surface area contributed by atoms with Crippen molar-refractivity contribution in [1.29, 1.82) is 0 Å². The molecule has 2 saturated heterocycles. The Bertz CT molecular complexity index is 1480. The Hall–Kier alpha value is -3.75. The second-order valence-corrected chi connectivity index (χ2v) is 13.0. The second-order valence-electron chi connectivity index (χ2n) is 13.0. The van der Waals surface area contributed by atoms with Gasteiger partial charge in [-0.1, -0.05) is 92.6 Å². The van der Waals surface area contributed by atoms with Gasteiger partial charge < -0.3 is 24.5 Å². The first-order chi connectivity index (χ1) is 21.8. The fourth-order valence-corrected chi connectivity index (χ4v) is 8.18. The zero-order valence-electron chi connectivity index (χ0n) is 26.7. The minimum atomic E-state index is -1.28. The molecule has 5 atom stereocenters. The fourth-order valence-electron chi connectivity index (χ4n) is 8.18. The molecule has 4 heterocycles. The summed E-state index contributed by atoms with van der Waals surface area (Å²) in [4.78, 5) is 49.6. The van der Waals surface area contributed by atoms with Gasteiger partial charge in [-0.3, -0.25) is 14.4 Å². The number of hydrogen-bond acceptors (Lipinski definition) is 5.